The molecule has 0 radical (unpaired) electrons. The summed E-state index contributed by atoms with van der Waals surface area (Å²) in [5, 5.41) is 4.79. The number of hydrogen-bond acceptors (Lipinski definition) is 4. The first-order valence-corrected chi connectivity index (χ1v) is 24.5. The van der Waals surface area contributed by atoms with E-state index in [0.717, 1.165) is 39.4 Å². The standard InChI is InChI=1S/C65H50N2O2/c1-62(2)46-25-26-53-55(41-16-10-13-19-51(41)68-53)54(46)44-34-49-43(33-50(44)62)38-23-21-36(31-47(38)63(49,3)4)67(35-27-29-66-30-28-35)37-22-24-40-48(32-37)65(7,8)59-56(40)57-42-17-11-14-20-52(42)69-61(57)58-39-15-9-12-18-45(39)64(5,6)60(58)59/h9-34H,1-8H3. The lowest BCUT2D eigenvalue weighted by Crippen LogP contribution is -2.24. The Labute approximate surface area is 401 Å². The van der Waals surface area contributed by atoms with Crippen LogP contribution in [0.5, 0.6) is 0 Å². The van der Waals surface area contributed by atoms with Crippen LogP contribution in [0.25, 0.3) is 88.4 Å². The van der Waals surface area contributed by atoms with Crippen molar-refractivity contribution in [3.8, 4) is 44.5 Å². The fourth-order valence-corrected chi connectivity index (χ4v) is 14.0. The molecule has 15 rings (SSSR count). The van der Waals surface area contributed by atoms with E-state index in [1.54, 1.807) is 0 Å². The summed E-state index contributed by atoms with van der Waals surface area (Å²) in [5.41, 5.74) is 27.5. The maximum Gasteiger partial charge on any atom is 0.144 e. The molecular weight excluding hydrogens is 841 g/mol. The van der Waals surface area contributed by atoms with Crippen LogP contribution in [0.3, 0.4) is 0 Å². The zero-order chi connectivity index (χ0) is 46.7. The van der Waals surface area contributed by atoms with E-state index >= 15 is 0 Å². The van der Waals surface area contributed by atoms with E-state index in [0.29, 0.717) is 0 Å². The number of pyridine rings is 1. The van der Waals surface area contributed by atoms with Gasteiger partial charge in [-0.25, -0.2) is 0 Å². The van der Waals surface area contributed by atoms with Gasteiger partial charge in [-0.05, 0) is 150 Å². The van der Waals surface area contributed by atoms with Crippen LogP contribution in [0.2, 0.25) is 0 Å². The summed E-state index contributed by atoms with van der Waals surface area (Å²) in [7, 11) is 0. The van der Waals surface area contributed by atoms with E-state index in [9.17, 15) is 0 Å². The summed E-state index contributed by atoms with van der Waals surface area (Å²) in [6.07, 6.45) is 3.82. The van der Waals surface area contributed by atoms with E-state index in [2.05, 4.69) is 211 Å². The van der Waals surface area contributed by atoms with Gasteiger partial charge in [0.05, 0.1) is 0 Å². The third-order valence-corrected chi connectivity index (χ3v) is 17.3. The summed E-state index contributed by atoms with van der Waals surface area (Å²) in [4.78, 5) is 6.93. The zero-order valence-corrected chi connectivity index (χ0v) is 40.2. The minimum absolute atomic E-state index is 0.172. The normalized spacial score (nSPS) is 16.6. The van der Waals surface area contributed by atoms with Crippen LogP contribution in [0, 0.1) is 0 Å². The first-order valence-electron chi connectivity index (χ1n) is 24.5. The molecule has 0 fully saturated rings. The van der Waals surface area contributed by atoms with Crippen LogP contribution in [0.15, 0.2) is 167 Å². The van der Waals surface area contributed by atoms with Crippen LogP contribution in [-0.2, 0) is 21.7 Å². The minimum Gasteiger partial charge on any atom is -0.456 e. The maximum atomic E-state index is 6.97. The third kappa shape index (κ3) is 4.73. The Bertz CT molecular complexity index is 4140. The molecule has 0 saturated carbocycles. The van der Waals surface area contributed by atoms with Gasteiger partial charge in [-0.2, -0.15) is 0 Å². The number of anilines is 3. The Hall–Kier alpha value is -7.69. The van der Waals surface area contributed by atoms with E-state index in [4.69, 9.17) is 8.83 Å². The summed E-state index contributed by atoms with van der Waals surface area (Å²) >= 11 is 0. The van der Waals surface area contributed by atoms with Crippen LogP contribution >= 0.6 is 0 Å². The second-order valence-electron chi connectivity index (χ2n) is 22.3. The number of furan rings is 2. The Morgan fingerprint density at radius 2 is 0.913 bits per heavy atom. The lowest BCUT2D eigenvalue weighted by Gasteiger charge is -2.32. The topological polar surface area (TPSA) is 42.4 Å². The highest BCUT2D eigenvalue weighted by Crippen LogP contribution is 2.64. The number of aromatic nitrogens is 1. The molecule has 4 aliphatic rings. The van der Waals surface area contributed by atoms with Gasteiger partial charge < -0.3 is 13.7 Å². The molecule has 69 heavy (non-hydrogen) atoms. The number of benzene rings is 8. The molecule has 4 aliphatic carbocycles. The van der Waals surface area contributed by atoms with Crippen molar-refractivity contribution >= 4 is 60.9 Å². The van der Waals surface area contributed by atoms with Crippen molar-refractivity contribution < 1.29 is 8.83 Å². The van der Waals surface area contributed by atoms with Crippen LogP contribution in [0.1, 0.15) is 99.9 Å². The van der Waals surface area contributed by atoms with Crippen LogP contribution < -0.4 is 4.90 Å². The van der Waals surface area contributed by atoms with Gasteiger partial charge in [-0.3, -0.25) is 4.98 Å². The van der Waals surface area contributed by atoms with Gasteiger partial charge in [0, 0.05) is 78.2 Å². The maximum absolute atomic E-state index is 6.97. The van der Waals surface area contributed by atoms with E-state index in [1.807, 2.05) is 12.4 Å². The Morgan fingerprint density at radius 1 is 0.362 bits per heavy atom. The molecule has 0 unspecified atom stereocenters. The van der Waals surface area contributed by atoms with Gasteiger partial charge in [0.15, 0.2) is 0 Å². The zero-order valence-electron chi connectivity index (χ0n) is 40.2. The van der Waals surface area contributed by atoms with Crippen molar-refractivity contribution in [2.24, 2.45) is 0 Å². The lowest BCUT2D eigenvalue weighted by molar-refractivity contribution is 0.600. The summed E-state index contributed by atoms with van der Waals surface area (Å²) < 4.78 is 13.4. The second kappa shape index (κ2) is 12.7. The molecule has 0 aliphatic heterocycles. The van der Waals surface area contributed by atoms with Crippen molar-refractivity contribution in [1.29, 1.82) is 0 Å². The van der Waals surface area contributed by atoms with Crippen molar-refractivity contribution in [2.75, 3.05) is 4.90 Å². The summed E-state index contributed by atoms with van der Waals surface area (Å²) in [6, 6.07) is 54.2. The molecule has 0 bridgehead atoms. The van der Waals surface area contributed by atoms with Gasteiger partial charge in [-0.15, -0.1) is 0 Å². The number of hydrogen-bond donors (Lipinski definition) is 0. The summed E-state index contributed by atoms with van der Waals surface area (Å²) in [5.74, 6) is 0. The number of para-hydroxylation sites is 2. The highest BCUT2D eigenvalue weighted by molar-refractivity contribution is 6.21. The van der Waals surface area contributed by atoms with Gasteiger partial charge in [0.25, 0.3) is 0 Å². The first-order chi connectivity index (χ1) is 33.3. The van der Waals surface area contributed by atoms with E-state index in [-0.39, 0.29) is 21.7 Å². The smallest absolute Gasteiger partial charge is 0.144 e. The number of fused-ring (bicyclic) bond motifs is 22. The number of rotatable bonds is 3. The molecule has 0 saturated heterocycles. The Kier molecular flexibility index (Phi) is 7.23. The molecule has 3 heterocycles. The molecule has 3 aromatic heterocycles. The molecule has 0 spiro atoms. The quantitative estimate of drug-likeness (QED) is 0.177. The highest BCUT2D eigenvalue weighted by atomic mass is 16.3. The molecule has 332 valence electrons. The first kappa shape index (κ1) is 39.3. The Balaban J connectivity index is 0.907. The van der Waals surface area contributed by atoms with Gasteiger partial charge >= 0.3 is 0 Å². The average Bonchev–Trinajstić information content (AvgIpc) is 4.14. The molecule has 0 atom stereocenters. The number of nitrogens with zero attached hydrogens (tertiary/aromatic N) is 2. The Morgan fingerprint density at radius 3 is 1.67 bits per heavy atom. The molecule has 8 aromatic carbocycles. The van der Waals surface area contributed by atoms with E-state index in [1.165, 1.54) is 111 Å². The molecule has 0 N–H and O–H groups in total. The second-order valence-corrected chi connectivity index (χ2v) is 22.3. The fraction of sp³-hybridized carbons (Fsp3) is 0.185. The average molecular weight is 891 g/mol. The monoisotopic (exact) mass is 890 g/mol. The van der Waals surface area contributed by atoms with Crippen LogP contribution in [-0.4, -0.2) is 4.98 Å². The van der Waals surface area contributed by atoms with Crippen molar-refractivity contribution in [2.45, 2.75) is 77.0 Å². The van der Waals surface area contributed by atoms with Crippen molar-refractivity contribution in [3.05, 3.63) is 202 Å². The van der Waals surface area contributed by atoms with Gasteiger partial charge in [0.2, 0.25) is 0 Å². The molecule has 11 aromatic rings. The SMILES string of the molecule is CC1(C)c2cc(N(c3ccncc3)c3ccc4c(c3)C(C)(C)c3c5c(c6oc7ccccc7c6c3-4)-c3ccccc3C5(C)C)ccc2-c2cc3c(cc21)-c1c(ccc2oc4ccccc4c12)C3(C)C. The highest BCUT2D eigenvalue weighted by Gasteiger charge is 2.49. The summed E-state index contributed by atoms with van der Waals surface area (Å²) in [6.45, 7) is 19.3. The molecular formula is C65H50N2O2. The largest absolute Gasteiger partial charge is 0.456 e. The third-order valence-electron chi connectivity index (χ3n) is 17.3. The van der Waals surface area contributed by atoms with Gasteiger partial charge in [0.1, 0.15) is 22.3 Å². The van der Waals surface area contributed by atoms with Crippen LogP contribution in [0.4, 0.5) is 17.1 Å². The predicted octanol–water partition coefficient (Wildman–Crippen LogP) is 17.6. The fourth-order valence-electron chi connectivity index (χ4n) is 14.0. The molecule has 4 heteroatoms. The minimum atomic E-state index is -0.316. The molecule has 0 amide bonds. The van der Waals surface area contributed by atoms with Crippen molar-refractivity contribution in [1.82, 2.24) is 4.98 Å². The molecule has 4 nitrogen and oxygen atoms in total. The van der Waals surface area contributed by atoms with E-state index < -0.39 is 0 Å². The van der Waals surface area contributed by atoms with Gasteiger partial charge in [-0.1, -0.05) is 134 Å². The van der Waals surface area contributed by atoms with Crippen molar-refractivity contribution in [3.63, 3.8) is 0 Å². The predicted molar refractivity (Wildman–Crippen MR) is 284 cm³/mol. The lowest BCUT2D eigenvalue weighted by atomic mass is 9.72.